The van der Waals surface area contributed by atoms with Crippen LogP contribution in [-0.2, 0) is 0 Å². The molecular formula is C37H36F6NO2Sb. The Morgan fingerprint density at radius 1 is 0.787 bits per heavy atom. The summed E-state index contributed by atoms with van der Waals surface area (Å²) in [5, 5.41) is 2.36. The van der Waals surface area contributed by atoms with Crippen LogP contribution in [0.15, 0.2) is 109 Å². The molecule has 47 heavy (non-hydrogen) atoms. The molecule has 0 aliphatic carbocycles. The second-order valence-corrected chi connectivity index (χ2v) is 18.0. The predicted octanol–water partition coefficient (Wildman–Crippen LogP) is 10.3. The summed E-state index contributed by atoms with van der Waals surface area (Å²) in [5.74, 6) is 2.69. The van der Waals surface area contributed by atoms with Crippen molar-refractivity contribution in [3.8, 4) is 22.6 Å². The van der Waals surface area contributed by atoms with Gasteiger partial charge in [0, 0.05) is 35.2 Å². The van der Waals surface area contributed by atoms with E-state index in [9.17, 15) is 16.9 Å². The van der Waals surface area contributed by atoms with Crippen LogP contribution in [0.4, 0.5) is 28.3 Å². The predicted molar refractivity (Wildman–Crippen MR) is 178 cm³/mol. The van der Waals surface area contributed by atoms with Gasteiger partial charge in [0.05, 0.1) is 17.2 Å². The maximum atomic E-state index is 9.93. The second-order valence-electron chi connectivity index (χ2n) is 12.6. The number of halogens is 6. The second kappa shape index (κ2) is 11.9. The zero-order valence-corrected chi connectivity index (χ0v) is 29.2. The van der Waals surface area contributed by atoms with Crippen molar-refractivity contribution in [1.29, 1.82) is 0 Å². The molecule has 1 atom stereocenters. The number of para-hydroxylation sites is 2. The van der Waals surface area contributed by atoms with E-state index in [1.807, 2.05) is 12.1 Å². The monoisotopic (exact) mass is 761 g/mol. The number of fused-ring (bicyclic) bond motifs is 4. The topological polar surface area (TPSA) is 21.5 Å². The van der Waals surface area contributed by atoms with E-state index in [-0.39, 0.29) is 11.5 Å². The summed E-state index contributed by atoms with van der Waals surface area (Å²) in [4.78, 5) is 0. The van der Waals surface area contributed by atoms with Gasteiger partial charge in [0.2, 0.25) is 16.7 Å². The number of benzene rings is 4. The van der Waals surface area contributed by atoms with Crippen molar-refractivity contribution >= 4 is 42.5 Å². The summed E-state index contributed by atoms with van der Waals surface area (Å²) in [6.07, 6.45) is 7.70. The van der Waals surface area contributed by atoms with Gasteiger partial charge >= 0.3 is 36.4 Å². The van der Waals surface area contributed by atoms with Gasteiger partial charge < -0.3 is 9.47 Å². The van der Waals surface area contributed by atoms with Gasteiger partial charge in [-0.1, -0.05) is 70.2 Å². The molecule has 0 amide bonds. The van der Waals surface area contributed by atoms with Gasteiger partial charge in [-0.05, 0) is 66.6 Å². The van der Waals surface area contributed by atoms with Gasteiger partial charge in [-0.2, -0.15) is 4.58 Å². The Kier molecular flexibility index (Phi) is 8.72. The van der Waals surface area contributed by atoms with Gasteiger partial charge in [0.25, 0.3) is 0 Å². The molecule has 248 valence electrons. The molecule has 1 unspecified atom stereocenters. The van der Waals surface area contributed by atoms with Crippen molar-refractivity contribution in [2.24, 2.45) is 5.41 Å². The zero-order valence-electron chi connectivity index (χ0n) is 26.7. The summed E-state index contributed by atoms with van der Waals surface area (Å²) >= 11 is -11.2. The van der Waals surface area contributed by atoms with Crippen LogP contribution in [-0.4, -0.2) is 25.6 Å². The summed E-state index contributed by atoms with van der Waals surface area (Å²) in [6, 6.07) is 32.1. The quantitative estimate of drug-likeness (QED) is 0.101. The Morgan fingerprint density at radius 2 is 1.45 bits per heavy atom. The Hall–Kier alpha value is -3.97. The van der Waals surface area contributed by atoms with Crippen LogP contribution in [0, 0.1) is 5.41 Å². The first-order chi connectivity index (χ1) is 21.8. The third-order valence-electron chi connectivity index (χ3n) is 7.59. The number of hydrogen-bond donors (Lipinski definition) is 0. The summed E-state index contributed by atoms with van der Waals surface area (Å²) < 4.78 is 74.4. The molecular weight excluding hydrogens is 726 g/mol. The number of nitrogens with zero attached hydrogens (tertiary/aromatic N) is 1. The van der Waals surface area contributed by atoms with Crippen molar-refractivity contribution in [2.45, 2.75) is 47.1 Å². The normalized spacial score (nSPS) is 17.2. The van der Waals surface area contributed by atoms with E-state index in [4.69, 9.17) is 9.47 Å². The summed E-state index contributed by atoms with van der Waals surface area (Å²) in [6.45, 7) is 10.8. The molecule has 0 N–H and O–H groups in total. The zero-order chi connectivity index (χ0) is 34.3. The molecule has 10 heteroatoms. The first-order valence-electron chi connectivity index (χ1n) is 15.2. The molecule has 0 radical (unpaired) electrons. The molecule has 2 aliphatic rings. The molecule has 4 aromatic rings. The SMILES string of the molecule is CCC(C)Oc1ccc2c(c1)/C(=C\C=c1/ccc3c(c1)-c1ccccc1[N+]=3c1ccccc1)C=C(C(C)(C)C)O2.[F][Sb-]([F])([F])([F])([F])[F]. The van der Waals surface area contributed by atoms with Crippen LogP contribution < -0.4 is 24.6 Å². The fourth-order valence-electron chi connectivity index (χ4n) is 5.22. The third-order valence-corrected chi connectivity index (χ3v) is 7.59. The van der Waals surface area contributed by atoms with Crippen molar-refractivity contribution in [1.82, 2.24) is 4.58 Å². The van der Waals surface area contributed by atoms with E-state index in [0.717, 1.165) is 40.0 Å². The van der Waals surface area contributed by atoms with Crippen LogP contribution in [0.2, 0.25) is 0 Å². The average molecular weight is 762 g/mol. The minimum absolute atomic E-state index is 0.110. The molecule has 4 aromatic carbocycles. The standard InChI is InChI=1S/C37H36NO2.6FH.Sb/c1-6-25(2)39-29-19-21-35-31(24-29)27(23-36(40-35)37(3,4)5)18-16-26-17-20-34-32(22-26)30-14-10-11-15-33(30)38(34)28-12-8-7-9-13-28;;;;;;;/h7-25H,6H2,1-5H3;6*1H;/q+1;;;;;;;+5/p-6/b26-16+,27-18-;;;;;;;. The van der Waals surface area contributed by atoms with Gasteiger partial charge in [-0.25, -0.2) is 0 Å². The van der Waals surface area contributed by atoms with Crippen LogP contribution in [0.25, 0.3) is 22.8 Å². The Labute approximate surface area is 272 Å². The van der Waals surface area contributed by atoms with E-state index in [1.165, 1.54) is 27.9 Å². The fraction of sp³-hybridized carbons (Fsp3) is 0.216. The van der Waals surface area contributed by atoms with Crippen LogP contribution in [0.1, 0.15) is 46.6 Å². The molecule has 0 bridgehead atoms. The first kappa shape index (κ1) is 34.4. The Bertz CT molecular complexity index is 2000. The van der Waals surface area contributed by atoms with Crippen molar-refractivity contribution < 1.29 is 26.4 Å². The summed E-state index contributed by atoms with van der Waals surface area (Å²) in [7, 11) is 0. The molecule has 2 aliphatic heterocycles. The minimum atomic E-state index is -11.2. The molecule has 6 rings (SSSR count). The molecule has 3 nitrogen and oxygen atoms in total. The van der Waals surface area contributed by atoms with E-state index in [2.05, 4.69) is 136 Å². The molecule has 0 saturated carbocycles. The summed E-state index contributed by atoms with van der Waals surface area (Å²) in [5.41, 5.74) is 6.93. The maximum absolute atomic E-state index is 11.2. The van der Waals surface area contributed by atoms with Crippen molar-refractivity contribution in [3.63, 3.8) is 0 Å². The van der Waals surface area contributed by atoms with E-state index in [0.29, 0.717) is 0 Å². The van der Waals surface area contributed by atoms with Crippen LogP contribution >= 0.6 is 0 Å². The molecule has 0 fully saturated rings. The number of ether oxygens (including phenoxy) is 2. The molecule has 0 saturated heterocycles. The van der Waals surface area contributed by atoms with Crippen LogP contribution in [0.3, 0.4) is 0 Å². The van der Waals surface area contributed by atoms with Crippen LogP contribution in [0.5, 0.6) is 11.5 Å². The average Bonchev–Trinajstić information content (AvgIpc) is 3.32. The van der Waals surface area contributed by atoms with E-state index in [1.54, 1.807) is 0 Å². The van der Waals surface area contributed by atoms with E-state index < -0.39 is 19.5 Å². The number of allylic oxidation sites excluding steroid dienone is 4. The Morgan fingerprint density at radius 3 is 2.11 bits per heavy atom. The van der Waals surface area contributed by atoms with E-state index >= 15 is 0 Å². The van der Waals surface area contributed by atoms with Gasteiger partial charge in [0.15, 0.2) is 0 Å². The van der Waals surface area contributed by atoms with Gasteiger partial charge in [-0.3, -0.25) is 0 Å². The fourth-order valence-corrected chi connectivity index (χ4v) is 5.22. The van der Waals surface area contributed by atoms with Crippen molar-refractivity contribution in [3.05, 3.63) is 125 Å². The first-order valence-corrected chi connectivity index (χ1v) is 21.0. The molecule has 0 spiro atoms. The van der Waals surface area contributed by atoms with Gasteiger partial charge in [0.1, 0.15) is 17.3 Å². The molecule has 2 heterocycles. The third kappa shape index (κ3) is 9.10. The molecule has 0 aromatic heterocycles. The number of hydrogen-bond acceptors (Lipinski definition) is 2. The van der Waals surface area contributed by atoms with Crippen molar-refractivity contribution in [2.75, 3.05) is 0 Å². The number of rotatable bonds is 5. The Balaban J connectivity index is 0.000000559. The van der Waals surface area contributed by atoms with Gasteiger partial charge in [-0.15, -0.1) is 0 Å².